The average Bonchev–Trinajstić information content (AvgIpc) is 3.03. The van der Waals surface area contributed by atoms with Crippen molar-refractivity contribution in [3.05, 3.63) is 78.4 Å². The Balaban J connectivity index is 1.61. The molecule has 0 aliphatic carbocycles. The van der Waals surface area contributed by atoms with Crippen molar-refractivity contribution in [2.75, 3.05) is 10.0 Å². The molecule has 3 aromatic carbocycles. The normalized spacial score (nSPS) is 15.7. The summed E-state index contributed by atoms with van der Waals surface area (Å²) >= 11 is 0. The summed E-state index contributed by atoms with van der Waals surface area (Å²) in [5, 5.41) is 3.33. The Morgan fingerprint density at radius 2 is 1.74 bits per heavy atom. The Bertz CT molecular complexity index is 1070. The predicted octanol–water partition coefficient (Wildman–Crippen LogP) is 4.64. The van der Waals surface area contributed by atoms with E-state index in [9.17, 15) is 8.42 Å². The molecule has 0 saturated heterocycles. The molecular formula is C21H20N2O3S. The number of hydrogen-bond acceptors (Lipinski definition) is 4. The summed E-state index contributed by atoms with van der Waals surface area (Å²) in [5.74, 6) is 1.09. The second kappa shape index (κ2) is 6.96. The highest BCUT2D eigenvalue weighted by molar-refractivity contribution is 7.92. The van der Waals surface area contributed by atoms with Gasteiger partial charge in [0.25, 0.3) is 10.0 Å². The molecule has 1 heterocycles. The summed E-state index contributed by atoms with van der Waals surface area (Å²) in [6.45, 7) is 2.07. The van der Waals surface area contributed by atoms with Gasteiger partial charge in [-0.2, -0.15) is 0 Å². The zero-order valence-electron chi connectivity index (χ0n) is 14.8. The van der Waals surface area contributed by atoms with Gasteiger partial charge in [-0.05, 0) is 61.4 Å². The summed E-state index contributed by atoms with van der Waals surface area (Å²) < 4.78 is 34.3. The number of fused-ring (bicyclic) bond motifs is 1. The number of nitrogens with one attached hydrogen (secondary N) is 2. The molecule has 2 N–H and O–H groups in total. The van der Waals surface area contributed by atoms with Crippen LogP contribution in [-0.2, 0) is 16.4 Å². The fourth-order valence-corrected chi connectivity index (χ4v) is 4.27. The van der Waals surface area contributed by atoms with Crippen LogP contribution in [0.5, 0.6) is 11.5 Å². The third kappa shape index (κ3) is 3.75. The highest BCUT2D eigenvalue weighted by atomic mass is 32.2. The summed E-state index contributed by atoms with van der Waals surface area (Å²) in [6.07, 6.45) is 0.812. The van der Waals surface area contributed by atoms with E-state index in [1.54, 1.807) is 36.4 Å². The van der Waals surface area contributed by atoms with Crippen LogP contribution in [0.3, 0.4) is 0 Å². The van der Waals surface area contributed by atoms with Crippen molar-refractivity contribution in [3.8, 4) is 11.5 Å². The Morgan fingerprint density at radius 3 is 2.56 bits per heavy atom. The van der Waals surface area contributed by atoms with Gasteiger partial charge in [-0.25, -0.2) is 8.42 Å². The van der Waals surface area contributed by atoms with Crippen LogP contribution < -0.4 is 14.8 Å². The van der Waals surface area contributed by atoms with Gasteiger partial charge in [-0.1, -0.05) is 30.3 Å². The molecule has 0 saturated carbocycles. The Kier molecular flexibility index (Phi) is 4.49. The van der Waals surface area contributed by atoms with Gasteiger partial charge in [-0.15, -0.1) is 0 Å². The molecule has 1 aliphatic heterocycles. The maximum Gasteiger partial charge on any atom is 0.262 e. The third-order valence-corrected chi connectivity index (χ3v) is 5.78. The van der Waals surface area contributed by atoms with Crippen molar-refractivity contribution < 1.29 is 13.2 Å². The van der Waals surface area contributed by atoms with Gasteiger partial charge in [0.2, 0.25) is 0 Å². The molecule has 1 atom stereocenters. The molecule has 0 radical (unpaired) electrons. The van der Waals surface area contributed by atoms with E-state index >= 15 is 0 Å². The van der Waals surface area contributed by atoms with E-state index in [4.69, 9.17) is 4.74 Å². The molecule has 0 bridgehead atoms. The van der Waals surface area contributed by atoms with E-state index in [0.29, 0.717) is 23.2 Å². The lowest BCUT2D eigenvalue weighted by molar-refractivity contribution is 0.485. The first-order valence-electron chi connectivity index (χ1n) is 8.75. The first-order chi connectivity index (χ1) is 13.0. The van der Waals surface area contributed by atoms with Crippen LogP contribution in [0.2, 0.25) is 0 Å². The minimum absolute atomic E-state index is 0.242. The van der Waals surface area contributed by atoms with Crippen molar-refractivity contribution in [2.45, 2.75) is 24.3 Å². The van der Waals surface area contributed by atoms with Gasteiger partial charge in [-0.3, -0.25) is 4.72 Å². The summed E-state index contributed by atoms with van der Waals surface area (Å²) in [4.78, 5) is 0.242. The average molecular weight is 380 g/mol. The van der Waals surface area contributed by atoms with Crippen LogP contribution >= 0.6 is 0 Å². The molecule has 0 amide bonds. The standard InChI is InChI=1S/C21H20N2O3S/c1-15-13-16-14-18(11-12-19(16)22-15)27(24,25)23-20-9-5-6-10-21(20)26-17-7-3-2-4-8-17/h2-12,14-15,22-23H,13H2,1H3/t15-/m1/s1. The van der Waals surface area contributed by atoms with Crippen molar-refractivity contribution in [2.24, 2.45) is 0 Å². The second-order valence-electron chi connectivity index (χ2n) is 6.59. The van der Waals surface area contributed by atoms with Gasteiger partial charge in [0.05, 0.1) is 10.6 Å². The minimum Gasteiger partial charge on any atom is -0.455 e. The molecule has 5 nitrogen and oxygen atoms in total. The van der Waals surface area contributed by atoms with Crippen LogP contribution in [0.15, 0.2) is 77.7 Å². The maximum absolute atomic E-state index is 12.9. The molecule has 0 fully saturated rings. The second-order valence-corrected chi connectivity index (χ2v) is 8.27. The highest BCUT2D eigenvalue weighted by Crippen LogP contribution is 2.32. The summed E-state index contributed by atoms with van der Waals surface area (Å²) in [5.41, 5.74) is 2.40. The number of ether oxygens (including phenoxy) is 1. The van der Waals surface area contributed by atoms with E-state index in [0.717, 1.165) is 17.7 Å². The van der Waals surface area contributed by atoms with Crippen molar-refractivity contribution in [1.82, 2.24) is 0 Å². The number of sulfonamides is 1. The first-order valence-corrected chi connectivity index (χ1v) is 10.2. The lowest BCUT2D eigenvalue weighted by atomic mass is 10.1. The van der Waals surface area contributed by atoms with Gasteiger partial charge in [0.15, 0.2) is 5.75 Å². The number of rotatable bonds is 5. The number of anilines is 2. The van der Waals surface area contributed by atoms with Gasteiger partial charge < -0.3 is 10.1 Å². The van der Waals surface area contributed by atoms with Crippen LogP contribution in [0.25, 0.3) is 0 Å². The molecular weight excluding hydrogens is 360 g/mol. The quantitative estimate of drug-likeness (QED) is 0.677. The fraction of sp³-hybridized carbons (Fsp3) is 0.143. The zero-order valence-corrected chi connectivity index (χ0v) is 15.7. The minimum atomic E-state index is -3.72. The molecule has 6 heteroatoms. The first kappa shape index (κ1) is 17.4. The van der Waals surface area contributed by atoms with Gasteiger partial charge in [0.1, 0.15) is 5.75 Å². The lowest BCUT2D eigenvalue weighted by Gasteiger charge is -2.14. The van der Waals surface area contributed by atoms with E-state index < -0.39 is 10.0 Å². The SMILES string of the molecule is C[C@@H]1Cc2cc(S(=O)(=O)Nc3ccccc3Oc3ccccc3)ccc2N1. The number of hydrogen-bond donors (Lipinski definition) is 2. The summed E-state index contributed by atoms with van der Waals surface area (Å²) in [7, 11) is -3.72. The molecule has 0 unspecified atom stereocenters. The molecule has 0 aromatic heterocycles. The van der Waals surface area contributed by atoms with E-state index in [1.807, 2.05) is 36.4 Å². The Labute approximate surface area is 159 Å². The third-order valence-electron chi connectivity index (χ3n) is 4.42. The topological polar surface area (TPSA) is 67.4 Å². The van der Waals surface area contributed by atoms with Gasteiger partial charge in [0, 0.05) is 11.7 Å². The Morgan fingerprint density at radius 1 is 1.00 bits per heavy atom. The molecule has 1 aliphatic rings. The van der Waals surface area contributed by atoms with Crippen LogP contribution in [0, 0.1) is 0 Å². The van der Waals surface area contributed by atoms with Gasteiger partial charge >= 0.3 is 0 Å². The lowest BCUT2D eigenvalue weighted by Crippen LogP contribution is -2.13. The molecule has 3 aromatic rings. The number of benzene rings is 3. The van der Waals surface area contributed by atoms with E-state index in [1.165, 1.54) is 0 Å². The van der Waals surface area contributed by atoms with Crippen LogP contribution in [-0.4, -0.2) is 14.5 Å². The van der Waals surface area contributed by atoms with E-state index in [-0.39, 0.29) is 4.90 Å². The maximum atomic E-state index is 12.9. The van der Waals surface area contributed by atoms with Crippen molar-refractivity contribution >= 4 is 21.4 Å². The molecule has 0 spiro atoms. The summed E-state index contributed by atoms with van der Waals surface area (Å²) in [6, 6.07) is 21.7. The van der Waals surface area contributed by atoms with E-state index in [2.05, 4.69) is 17.0 Å². The van der Waals surface area contributed by atoms with Crippen molar-refractivity contribution in [1.29, 1.82) is 0 Å². The fourth-order valence-electron chi connectivity index (χ4n) is 3.15. The van der Waals surface area contributed by atoms with Crippen LogP contribution in [0.1, 0.15) is 12.5 Å². The zero-order chi connectivity index (χ0) is 18.9. The monoisotopic (exact) mass is 380 g/mol. The van der Waals surface area contributed by atoms with Crippen molar-refractivity contribution in [3.63, 3.8) is 0 Å². The predicted molar refractivity (Wildman–Crippen MR) is 107 cm³/mol. The smallest absolute Gasteiger partial charge is 0.262 e. The van der Waals surface area contributed by atoms with Crippen LogP contribution in [0.4, 0.5) is 11.4 Å². The Hall–Kier alpha value is -2.99. The molecule has 138 valence electrons. The molecule has 4 rings (SSSR count). The molecule has 27 heavy (non-hydrogen) atoms. The highest BCUT2D eigenvalue weighted by Gasteiger charge is 2.22. The number of para-hydroxylation sites is 3. The largest absolute Gasteiger partial charge is 0.455 e.